The third-order valence-corrected chi connectivity index (χ3v) is 13.4. The number of aromatic nitrogens is 4. The van der Waals surface area contributed by atoms with E-state index in [0.717, 1.165) is 23.6 Å². The molecule has 2 aliphatic carbocycles. The number of nitrogens with two attached hydrogens (primary N) is 1. The van der Waals surface area contributed by atoms with Gasteiger partial charge in [0.15, 0.2) is 22.8 Å². The Kier molecular flexibility index (Phi) is 13.9. The van der Waals surface area contributed by atoms with Crippen LogP contribution in [-0.4, -0.2) is 123 Å². The zero-order chi connectivity index (χ0) is 41.3. The second-order valence-electron chi connectivity index (χ2n) is 14.3. The number of carbonyl (C=O) groups excluding carboxylic acids is 3. The number of fused-ring (bicyclic) bond motifs is 1. The summed E-state index contributed by atoms with van der Waals surface area (Å²) in [5, 5.41) is 26.5. The topological polar surface area (TPSA) is 364 Å². The van der Waals surface area contributed by atoms with Crippen molar-refractivity contribution in [3.8, 4) is 0 Å². The first kappa shape index (κ1) is 44.7. The summed E-state index contributed by atoms with van der Waals surface area (Å²) in [7, 11) is -16.4. The molecule has 3 fully saturated rings. The number of amides is 2. The van der Waals surface area contributed by atoms with Gasteiger partial charge in [-0.05, 0) is 30.6 Å². The number of ether oxygens (including phenoxy) is 1. The van der Waals surface area contributed by atoms with Crippen LogP contribution in [-0.2, 0) is 50.7 Å². The molecule has 2 aromatic heterocycles. The molecule has 1 saturated heterocycles. The van der Waals surface area contributed by atoms with Crippen LogP contribution < -0.4 is 16.4 Å². The van der Waals surface area contributed by atoms with Crippen molar-refractivity contribution >= 4 is 69.1 Å². The first-order valence-electron chi connectivity index (χ1n) is 17.1. The summed E-state index contributed by atoms with van der Waals surface area (Å²) in [6.07, 6.45) is -2.76. The zero-order valence-corrected chi connectivity index (χ0v) is 33.5. The molecule has 0 bridgehead atoms. The van der Waals surface area contributed by atoms with E-state index in [1.54, 1.807) is 0 Å². The Bertz CT molecular complexity index is 1930. The Labute approximate surface area is 323 Å². The molecule has 3 heterocycles. The molecule has 5 rings (SSSR count). The highest BCUT2D eigenvalue weighted by Crippen LogP contribution is 2.71. The van der Waals surface area contributed by atoms with Gasteiger partial charge in [-0.1, -0.05) is 25.6 Å². The molecule has 24 nitrogen and oxygen atoms in total. The van der Waals surface area contributed by atoms with Crippen LogP contribution in [0.3, 0.4) is 0 Å². The number of thioether (sulfide) groups is 1. The normalized spacial score (nSPS) is 25.7. The van der Waals surface area contributed by atoms with Gasteiger partial charge in [0.2, 0.25) is 11.8 Å². The number of imidazole rings is 1. The van der Waals surface area contributed by atoms with Gasteiger partial charge in [-0.3, -0.25) is 32.5 Å². The van der Waals surface area contributed by atoms with Crippen molar-refractivity contribution < 1.29 is 80.5 Å². The van der Waals surface area contributed by atoms with E-state index in [4.69, 9.17) is 19.5 Å². The molecule has 2 aromatic rings. The van der Waals surface area contributed by atoms with Crippen molar-refractivity contribution in [3.05, 3.63) is 12.7 Å². The number of phosphoric ester groups is 3. The van der Waals surface area contributed by atoms with E-state index in [0.29, 0.717) is 23.5 Å². The van der Waals surface area contributed by atoms with E-state index >= 15 is 0 Å². The van der Waals surface area contributed by atoms with Crippen molar-refractivity contribution in [2.45, 2.75) is 76.6 Å². The lowest BCUT2D eigenvalue weighted by Gasteiger charge is -2.30. The maximum absolute atomic E-state index is 12.7. The fourth-order valence-corrected chi connectivity index (χ4v) is 9.63. The van der Waals surface area contributed by atoms with Crippen LogP contribution in [0.1, 0.15) is 52.2 Å². The number of nitrogens with one attached hydrogen (secondary N) is 2. The number of hydrogen-bond acceptors (Lipinski definition) is 18. The number of nitrogens with zero attached hydrogens (tertiary/aromatic N) is 4. The number of rotatable bonds is 21. The lowest BCUT2D eigenvalue weighted by atomic mass is 9.87. The highest BCUT2D eigenvalue weighted by molar-refractivity contribution is 8.13. The molecule has 0 radical (unpaired) electrons. The second-order valence-corrected chi connectivity index (χ2v) is 19.6. The molecular weight excluding hydrogens is 831 g/mol. The standard InChI is InChI=1S/C28H44N7O17P3S/c1-27(2,22(39)25(40)31-6-3-17(36)30-7-8-56-18(37)9-15-10-28(15)4-5-28)12-49-55(46,47)52-54(44,45)48-11-16-21(51-53(41,42)43)20(38)26(50-16)35-14-34-19-23(29)32-13-33-24(19)35/h13-16,20-22,26,38-39H,3-12H2,1-2H3,(H,30,36)(H,31,40)(H,44,45)(H,46,47)(H2,29,32,33)(H2,41,42,43)/t15-,16+,20+,21+,22?,26+/m0/s1. The van der Waals surface area contributed by atoms with Gasteiger partial charge in [0.05, 0.1) is 19.5 Å². The molecule has 56 heavy (non-hydrogen) atoms. The van der Waals surface area contributed by atoms with Gasteiger partial charge < -0.3 is 50.9 Å². The zero-order valence-electron chi connectivity index (χ0n) is 30.0. The molecule has 1 aliphatic heterocycles. The Morgan fingerprint density at radius 3 is 2.45 bits per heavy atom. The number of aliphatic hydroxyl groups excluding tert-OH is 2. The minimum Gasteiger partial charge on any atom is -0.386 e. The number of hydrogen-bond donors (Lipinski definition) is 9. The smallest absolute Gasteiger partial charge is 0.386 e. The number of nitrogen functional groups attached to an aromatic ring is 1. The quantitative estimate of drug-likeness (QED) is 0.0582. The highest BCUT2D eigenvalue weighted by Gasteiger charge is 2.62. The van der Waals surface area contributed by atoms with Crippen molar-refractivity contribution in [3.63, 3.8) is 0 Å². The molecule has 0 aromatic carbocycles. The van der Waals surface area contributed by atoms with E-state index in [1.165, 1.54) is 38.5 Å². The fraction of sp³-hybridized carbons (Fsp3) is 0.714. The van der Waals surface area contributed by atoms with Crippen LogP contribution in [0.25, 0.3) is 11.2 Å². The average molecular weight is 876 g/mol. The molecular formula is C28H44N7O17P3S. The summed E-state index contributed by atoms with van der Waals surface area (Å²) in [6.45, 7) is 0.592. The molecule has 3 aliphatic rings. The molecule has 2 saturated carbocycles. The number of phosphoric acid groups is 3. The third-order valence-electron chi connectivity index (χ3n) is 9.43. The molecule has 1 spiro atoms. The summed E-state index contributed by atoms with van der Waals surface area (Å²) < 4.78 is 62.1. The predicted molar refractivity (Wildman–Crippen MR) is 191 cm³/mol. The minimum absolute atomic E-state index is 0.0335. The largest absolute Gasteiger partial charge is 0.481 e. The predicted octanol–water partition coefficient (Wildman–Crippen LogP) is -0.145. The van der Waals surface area contributed by atoms with Gasteiger partial charge in [0.25, 0.3) is 0 Å². The monoisotopic (exact) mass is 875 g/mol. The summed E-state index contributed by atoms with van der Waals surface area (Å²) in [5.41, 5.74) is 4.73. The maximum atomic E-state index is 12.7. The third kappa shape index (κ3) is 11.8. The Balaban J connectivity index is 1.04. The van der Waals surface area contributed by atoms with Gasteiger partial charge in [0, 0.05) is 37.1 Å². The van der Waals surface area contributed by atoms with E-state index < -0.39 is 84.6 Å². The first-order valence-corrected chi connectivity index (χ1v) is 22.6. The van der Waals surface area contributed by atoms with Crippen LogP contribution in [0.15, 0.2) is 12.7 Å². The summed E-state index contributed by atoms with van der Waals surface area (Å²) in [4.78, 5) is 87.7. The van der Waals surface area contributed by atoms with Crippen molar-refractivity contribution in [2.24, 2.45) is 16.7 Å². The first-order chi connectivity index (χ1) is 26.0. The number of carbonyl (C=O) groups is 3. The molecule has 28 heteroatoms. The van der Waals surface area contributed by atoms with Gasteiger partial charge in [-0.2, -0.15) is 4.31 Å². The lowest BCUT2D eigenvalue weighted by Crippen LogP contribution is -2.46. The van der Waals surface area contributed by atoms with Crippen LogP contribution in [0, 0.1) is 16.7 Å². The number of anilines is 1. The van der Waals surface area contributed by atoms with Gasteiger partial charge in [-0.15, -0.1) is 0 Å². The summed E-state index contributed by atoms with van der Waals surface area (Å²) >= 11 is 1.17. The Morgan fingerprint density at radius 2 is 1.79 bits per heavy atom. The summed E-state index contributed by atoms with van der Waals surface area (Å²) in [6, 6.07) is 0. The van der Waals surface area contributed by atoms with Crippen LogP contribution in [0.2, 0.25) is 0 Å². The lowest BCUT2D eigenvalue weighted by molar-refractivity contribution is -0.137. The second kappa shape index (κ2) is 17.4. The van der Waals surface area contributed by atoms with Crippen molar-refractivity contribution in [1.29, 1.82) is 0 Å². The molecule has 3 unspecified atom stereocenters. The van der Waals surface area contributed by atoms with E-state index in [9.17, 15) is 57.9 Å². The maximum Gasteiger partial charge on any atom is 0.481 e. The molecule has 2 amide bonds. The van der Waals surface area contributed by atoms with E-state index in [2.05, 4.69) is 34.4 Å². The van der Waals surface area contributed by atoms with Crippen LogP contribution in [0.4, 0.5) is 5.82 Å². The van der Waals surface area contributed by atoms with Crippen LogP contribution >= 0.6 is 35.2 Å². The number of aliphatic hydroxyl groups is 2. The summed E-state index contributed by atoms with van der Waals surface area (Å²) in [5.74, 6) is -0.505. The molecule has 314 valence electrons. The van der Waals surface area contributed by atoms with Gasteiger partial charge in [0.1, 0.15) is 36.3 Å². The highest BCUT2D eigenvalue weighted by atomic mass is 32.2. The minimum atomic E-state index is -5.56. The molecule has 8 atom stereocenters. The fourth-order valence-electron chi connectivity index (χ4n) is 6.05. The average Bonchev–Trinajstić information content (AvgIpc) is 3.93. The Morgan fingerprint density at radius 1 is 1.09 bits per heavy atom. The van der Waals surface area contributed by atoms with Crippen LogP contribution in [0.5, 0.6) is 0 Å². The Hall–Kier alpha value is -2.44. The van der Waals surface area contributed by atoms with E-state index in [-0.39, 0.29) is 41.6 Å². The van der Waals surface area contributed by atoms with Crippen molar-refractivity contribution in [1.82, 2.24) is 30.2 Å². The SMILES string of the molecule is CC(C)(COP(=O)(O)OP(=O)(O)OC[C@H]1O[C@@H](n2cnc3c(N)ncnc32)[C@H](O)[C@@H]1OP(=O)(O)O)C(O)C(=O)NCCC(=O)NCCSC(=O)C[C@H]1CC12CC2. The van der Waals surface area contributed by atoms with Gasteiger partial charge >= 0.3 is 23.5 Å². The van der Waals surface area contributed by atoms with Gasteiger partial charge in [-0.25, -0.2) is 28.6 Å². The molecule has 10 N–H and O–H groups in total. The van der Waals surface area contributed by atoms with Crippen molar-refractivity contribution in [2.75, 3.05) is 37.8 Å². The van der Waals surface area contributed by atoms with E-state index in [1.807, 2.05) is 0 Å².